The zero-order valence-corrected chi connectivity index (χ0v) is 13.5. The van der Waals surface area contributed by atoms with E-state index in [-0.39, 0.29) is 23.6 Å². The van der Waals surface area contributed by atoms with E-state index in [9.17, 15) is 14.7 Å². The van der Waals surface area contributed by atoms with Gasteiger partial charge in [0.25, 0.3) is 0 Å². The summed E-state index contributed by atoms with van der Waals surface area (Å²) in [6.07, 6.45) is 0. The van der Waals surface area contributed by atoms with Crippen LogP contribution in [-0.4, -0.2) is 23.7 Å². The zero-order valence-electron chi connectivity index (χ0n) is 12.7. The molecule has 0 fully saturated rings. The Kier molecular flexibility index (Phi) is 4.95. The van der Waals surface area contributed by atoms with Gasteiger partial charge >= 0.3 is 11.9 Å². The predicted molar refractivity (Wildman–Crippen MR) is 85.5 cm³/mol. The molecular formula is C16H17ClN2O4. The molecule has 1 aromatic rings. The van der Waals surface area contributed by atoms with Crippen LogP contribution in [0.2, 0.25) is 5.02 Å². The largest absolute Gasteiger partial charge is 0.478 e. The molecule has 0 amide bonds. The number of carboxylic acid groups (broad SMARTS) is 1. The first-order chi connectivity index (χ1) is 10.9. The first-order valence-corrected chi connectivity index (χ1v) is 7.38. The number of ether oxygens (including phenoxy) is 1. The molecule has 0 radical (unpaired) electrons. The van der Waals surface area contributed by atoms with E-state index in [1.807, 2.05) is 0 Å². The Balaban J connectivity index is 2.69. The fourth-order valence-electron chi connectivity index (χ4n) is 2.59. The number of hydrogen-bond acceptors (Lipinski definition) is 5. The summed E-state index contributed by atoms with van der Waals surface area (Å²) in [5.74, 6) is -2.67. The smallest absolute Gasteiger partial charge is 0.338 e. The normalized spacial score (nSPS) is 17.8. The summed E-state index contributed by atoms with van der Waals surface area (Å²) in [4.78, 5) is 24.1. The molecule has 0 aromatic heterocycles. The van der Waals surface area contributed by atoms with Crippen molar-refractivity contribution in [2.45, 2.75) is 19.8 Å². The molecule has 4 N–H and O–H groups in total. The van der Waals surface area contributed by atoms with Gasteiger partial charge in [-0.1, -0.05) is 29.8 Å². The topological polar surface area (TPSA) is 102 Å². The van der Waals surface area contributed by atoms with Crippen LogP contribution in [0, 0.1) is 0 Å². The van der Waals surface area contributed by atoms with Gasteiger partial charge in [-0.15, -0.1) is 0 Å². The van der Waals surface area contributed by atoms with E-state index in [4.69, 9.17) is 22.1 Å². The van der Waals surface area contributed by atoms with E-state index in [2.05, 4.69) is 5.32 Å². The van der Waals surface area contributed by atoms with Crippen LogP contribution in [0.25, 0.3) is 0 Å². The molecule has 0 aliphatic carbocycles. The van der Waals surface area contributed by atoms with Gasteiger partial charge < -0.3 is 20.9 Å². The van der Waals surface area contributed by atoms with Crippen LogP contribution in [0.3, 0.4) is 0 Å². The van der Waals surface area contributed by atoms with Crippen molar-refractivity contribution in [2.75, 3.05) is 6.61 Å². The lowest BCUT2D eigenvalue weighted by molar-refractivity contribution is -0.138. The third-order valence-corrected chi connectivity index (χ3v) is 3.88. The van der Waals surface area contributed by atoms with Crippen molar-refractivity contribution in [2.24, 2.45) is 5.73 Å². The monoisotopic (exact) mass is 336 g/mol. The summed E-state index contributed by atoms with van der Waals surface area (Å²) >= 11 is 6.22. The second-order valence-corrected chi connectivity index (χ2v) is 5.38. The summed E-state index contributed by atoms with van der Waals surface area (Å²) in [5.41, 5.74) is 6.83. The standard InChI is InChI=1S/C16H17ClN2O4/c1-3-23-16(22)13-12(9-6-4-5-7-10(9)17)11(15(20)21)8(2)19-14(13)18/h4-7,12,19H,3,18H2,1-2H3,(H,20,21). The number of rotatable bonds is 4. The van der Waals surface area contributed by atoms with Gasteiger partial charge in [-0.3, -0.25) is 0 Å². The highest BCUT2D eigenvalue weighted by Gasteiger charge is 2.38. The number of dihydropyridines is 1. The quantitative estimate of drug-likeness (QED) is 0.728. The number of carbonyl (C=O) groups is 2. The Bertz CT molecular complexity index is 725. The van der Waals surface area contributed by atoms with E-state index >= 15 is 0 Å². The minimum atomic E-state index is -1.16. The minimum absolute atomic E-state index is 0.00959. The number of carboxylic acids is 1. The molecule has 1 unspecified atom stereocenters. The van der Waals surface area contributed by atoms with Gasteiger partial charge in [-0.25, -0.2) is 9.59 Å². The van der Waals surface area contributed by atoms with Crippen molar-refractivity contribution in [3.63, 3.8) is 0 Å². The Morgan fingerprint density at radius 3 is 2.57 bits per heavy atom. The lowest BCUT2D eigenvalue weighted by Gasteiger charge is -2.29. The summed E-state index contributed by atoms with van der Waals surface area (Å²) in [6.45, 7) is 3.40. The first kappa shape index (κ1) is 16.9. The fourth-order valence-corrected chi connectivity index (χ4v) is 2.84. The van der Waals surface area contributed by atoms with Crippen molar-refractivity contribution in [1.82, 2.24) is 5.32 Å². The van der Waals surface area contributed by atoms with Crippen molar-refractivity contribution in [1.29, 1.82) is 0 Å². The third kappa shape index (κ3) is 3.17. The number of benzene rings is 1. The Hall–Kier alpha value is -2.47. The highest BCUT2D eigenvalue weighted by atomic mass is 35.5. The highest BCUT2D eigenvalue weighted by molar-refractivity contribution is 6.31. The van der Waals surface area contributed by atoms with E-state index in [0.29, 0.717) is 16.3 Å². The number of nitrogens with one attached hydrogen (secondary N) is 1. The van der Waals surface area contributed by atoms with E-state index in [1.165, 1.54) is 0 Å². The average Bonchev–Trinajstić information content (AvgIpc) is 2.46. The molecule has 1 aliphatic heterocycles. The fraction of sp³-hybridized carbons (Fsp3) is 0.250. The molecule has 0 saturated carbocycles. The van der Waals surface area contributed by atoms with Crippen LogP contribution in [0.15, 0.2) is 46.9 Å². The molecular weight excluding hydrogens is 320 g/mol. The average molecular weight is 337 g/mol. The second kappa shape index (κ2) is 6.75. The Morgan fingerprint density at radius 1 is 1.35 bits per heavy atom. The van der Waals surface area contributed by atoms with E-state index in [0.717, 1.165) is 0 Å². The molecule has 1 heterocycles. The van der Waals surface area contributed by atoms with Crippen LogP contribution in [0.4, 0.5) is 0 Å². The second-order valence-electron chi connectivity index (χ2n) is 4.97. The number of nitrogens with two attached hydrogens (primary N) is 1. The lowest BCUT2D eigenvalue weighted by Crippen LogP contribution is -2.35. The van der Waals surface area contributed by atoms with Gasteiger partial charge in [-0.2, -0.15) is 0 Å². The molecule has 23 heavy (non-hydrogen) atoms. The number of hydrogen-bond donors (Lipinski definition) is 3. The molecule has 7 heteroatoms. The number of esters is 1. The van der Waals surface area contributed by atoms with Crippen LogP contribution in [-0.2, 0) is 14.3 Å². The van der Waals surface area contributed by atoms with Crippen molar-refractivity contribution in [3.05, 3.63) is 57.5 Å². The molecule has 2 rings (SSSR count). The molecule has 122 valence electrons. The molecule has 1 atom stereocenters. The minimum Gasteiger partial charge on any atom is -0.478 e. The predicted octanol–water partition coefficient (Wildman–Crippen LogP) is 2.12. The van der Waals surface area contributed by atoms with Crippen molar-refractivity contribution in [3.8, 4) is 0 Å². The molecule has 6 nitrogen and oxygen atoms in total. The van der Waals surface area contributed by atoms with Gasteiger partial charge in [-0.05, 0) is 25.5 Å². The van der Waals surface area contributed by atoms with Crippen LogP contribution in [0.1, 0.15) is 25.3 Å². The van der Waals surface area contributed by atoms with Crippen molar-refractivity contribution < 1.29 is 19.4 Å². The van der Waals surface area contributed by atoms with Crippen LogP contribution < -0.4 is 11.1 Å². The number of allylic oxidation sites excluding steroid dienone is 1. The summed E-state index contributed by atoms with van der Waals surface area (Å²) < 4.78 is 5.03. The maximum Gasteiger partial charge on any atom is 0.338 e. The Morgan fingerprint density at radius 2 is 2.00 bits per heavy atom. The summed E-state index contributed by atoms with van der Waals surface area (Å²) in [7, 11) is 0. The first-order valence-electron chi connectivity index (χ1n) is 7.00. The summed E-state index contributed by atoms with van der Waals surface area (Å²) in [6, 6.07) is 6.74. The van der Waals surface area contributed by atoms with E-state index < -0.39 is 17.9 Å². The number of halogens is 1. The number of aliphatic carboxylic acids is 1. The van der Waals surface area contributed by atoms with E-state index in [1.54, 1.807) is 38.1 Å². The van der Waals surface area contributed by atoms with Gasteiger partial charge in [0.15, 0.2) is 0 Å². The van der Waals surface area contributed by atoms with Gasteiger partial charge in [0.2, 0.25) is 0 Å². The third-order valence-electron chi connectivity index (χ3n) is 3.54. The van der Waals surface area contributed by atoms with Crippen molar-refractivity contribution >= 4 is 23.5 Å². The SMILES string of the molecule is CCOC(=O)C1=C(N)NC(C)=C(C(=O)O)C1c1ccccc1Cl. The van der Waals surface area contributed by atoms with Gasteiger partial charge in [0.05, 0.1) is 23.7 Å². The molecule has 0 saturated heterocycles. The summed E-state index contributed by atoms with van der Waals surface area (Å²) in [5, 5.41) is 12.7. The van der Waals surface area contributed by atoms with Crippen LogP contribution >= 0.6 is 11.6 Å². The lowest BCUT2D eigenvalue weighted by atomic mass is 9.81. The maximum absolute atomic E-state index is 12.3. The molecule has 0 spiro atoms. The Labute approximate surface area is 138 Å². The molecule has 0 bridgehead atoms. The van der Waals surface area contributed by atoms with Crippen LogP contribution in [0.5, 0.6) is 0 Å². The van der Waals surface area contributed by atoms with Gasteiger partial charge in [0.1, 0.15) is 5.82 Å². The maximum atomic E-state index is 12.3. The zero-order chi connectivity index (χ0) is 17.1. The van der Waals surface area contributed by atoms with Gasteiger partial charge in [0, 0.05) is 10.7 Å². The molecule has 1 aromatic carbocycles. The number of carbonyl (C=O) groups excluding carboxylic acids is 1. The molecule has 1 aliphatic rings. The highest BCUT2D eigenvalue weighted by Crippen LogP contribution is 2.40.